The quantitative estimate of drug-likeness (QED) is 0.830. The lowest BCUT2D eigenvalue weighted by Gasteiger charge is -2.25. The highest BCUT2D eigenvalue weighted by atomic mass is 79.9. The van der Waals surface area contributed by atoms with E-state index < -0.39 is 0 Å². The fourth-order valence-corrected chi connectivity index (χ4v) is 3.22. The Balaban J connectivity index is 2.09. The molecule has 1 saturated carbocycles. The molecule has 0 saturated heterocycles. The lowest BCUT2D eigenvalue weighted by Crippen LogP contribution is -2.41. The van der Waals surface area contributed by atoms with Crippen molar-refractivity contribution >= 4 is 27.5 Å². The number of rotatable bonds is 4. The smallest absolute Gasteiger partial charge is 0.240 e. The number of hydrogen-bond acceptors (Lipinski definition) is 2. The number of benzene rings is 1. The van der Waals surface area contributed by atoms with Crippen molar-refractivity contribution in [1.82, 2.24) is 0 Å². The van der Waals surface area contributed by atoms with E-state index >= 15 is 0 Å². The SMILES string of the molecule is NC(=O)C(Nc1cccc(Br)c1)C1CCCCCC1. The van der Waals surface area contributed by atoms with E-state index in [2.05, 4.69) is 21.2 Å². The molecule has 1 fully saturated rings. The van der Waals surface area contributed by atoms with Gasteiger partial charge in [-0.1, -0.05) is 47.7 Å². The van der Waals surface area contributed by atoms with Crippen LogP contribution in [0.5, 0.6) is 0 Å². The maximum absolute atomic E-state index is 11.7. The van der Waals surface area contributed by atoms with Crippen molar-refractivity contribution in [3.63, 3.8) is 0 Å². The molecule has 1 aromatic carbocycles. The first-order valence-corrected chi connectivity index (χ1v) is 7.77. The van der Waals surface area contributed by atoms with Gasteiger partial charge in [-0.25, -0.2) is 0 Å². The van der Waals surface area contributed by atoms with Gasteiger partial charge in [0.05, 0.1) is 0 Å². The molecule has 2 rings (SSSR count). The van der Waals surface area contributed by atoms with Crippen LogP contribution < -0.4 is 11.1 Å². The molecule has 0 aliphatic heterocycles. The largest absolute Gasteiger partial charge is 0.373 e. The second-order valence-corrected chi connectivity index (χ2v) is 6.20. The number of nitrogens with two attached hydrogens (primary N) is 1. The van der Waals surface area contributed by atoms with E-state index in [1.165, 1.54) is 25.7 Å². The number of amides is 1. The van der Waals surface area contributed by atoms with Crippen LogP contribution in [0.4, 0.5) is 5.69 Å². The molecule has 19 heavy (non-hydrogen) atoms. The summed E-state index contributed by atoms with van der Waals surface area (Å²) in [6, 6.07) is 7.62. The van der Waals surface area contributed by atoms with Crippen molar-refractivity contribution in [3.05, 3.63) is 28.7 Å². The third-order valence-electron chi connectivity index (χ3n) is 3.82. The van der Waals surface area contributed by atoms with Gasteiger partial charge in [0.1, 0.15) is 6.04 Å². The third-order valence-corrected chi connectivity index (χ3v) is 4.32. The molecule has 3 N–H and O–H groups in total. The summed E-state index contributed by atoms with van der Waals surface area (Å²) >= 11 is 3.44. The molecule has 1 atom stereocenters. The van der Waals surface area contributed by atoms with Gasteiger partial charge < -0.3 is 11.1 Å². The Bertz CT molecular complexity index is 428. The Morgan fingerprint density at radius 3 is 2.53 bits per heavy atom. The summed E-state index contributed by atoms with van der Waals surface area (Å²) in [5.74, 6) is 0.117. The van der Waals surface area contributed by atoms with E-state index in [-0.39, 0.29) is 11.9 Å². The molecule has 0 heterocycles. The highest BCUT2D eigenvalue weighted by Gasteiger charge is 2.27. The van der Waals surface area contributed by atoms with Crippen LogP contribution in [0, 0.1) is 5.92 Å². The van der Waals surface area contributed by atoms with E-state index in [1.807, 2.05) is 24.3 Å². The Morgan fingerprint density at radius 2 is 1.95 bits per heavy atom. The molecule has 0 aromatic heterocycles. The van der Waals surface area contributed by atoms with Gasteiger partial charge in [-0.3, -0.25) is 4.79 Å². The van der Waals surface area contributed by atoms with Crippen LogP contribution in [0.2, 0.25) is 0 Å². The van der Waals surface area contributed by atoms with Crippen LogP contribution in [0.15, 0.2) is 28.7 Å². The van der Waals surface area contributed by atoms with Crippen molar-refractivity contribution in [2.24, 2.45) is 11.7 Å². The summed E-state index contributed by atoms with van der Waals surface area (Å²) in [7, 11) is 0. The highest BCUT2D eigenvalue weighted by molar-refractivity contribution is 9.10. The molecule has 0 bridgehead atoms. The Labute approximate surface area is 123 Å². The lowest BCUT2D eigenvalue weighted by atomic mass is 9.91. The van der Waals surface area contributed by atoms with Gasteiger partial charge in [-0.05, 0) is 37.0 Å². The number of carbonyl (C=O) groups is 1. The van der Waals surface area contributed by atoms with Gasteiger partial charge in [0.15, 0.2) is 0 Å². The van der Waals surface area contributed by atoms with E-state index in [9.17, 15) is 4.79 Å². The van der Waals surface area contributed by atoms with Gasteiger partial charge in [0.2, 0.25) is 5.91 Å². The first-order valence-electron chi connectivity index (χ1n) is 6.98. The van der Waals surface area contributed by atoms with Crippen LogP contribution in [0.1, 0.15) is 38.5 Å². The van der Waals surface area contributed by atoms with Gasteiger partial charge in [0.25, 0.3) is 0 Å². The standard InChI is InChI=1S/C15H21BrN2O/c16-12-8-5-9-13(10-12)18-14(15(17)19)11-6-3-1-2-4-7-11/h5,8-11,14,18H,1-4,6-7H2,(H2,17,19). The summed E-state index contributed by atoms with van der Waals surface area (Å²) in [5.41, 5.74) is 6.54. The van der Waals surface area contributed by atoms with Crippen LogP contribution >= 0.6 is 15.9 Å². The van der Waals surface area contributed by atoms with E-state index in [0.29, 0.717) is 5.92 Å². The molecule has 1 aromatic rings. The zero-order chi connectivity index (χ0) is 13.7. The fourth-order valence-electron chi connectivity index (χ4n) is 2.82. The Morgan fingerprint density at radius 1 is 1.26 bits per heavy atom. The van der Waals surface area contributed by atoms with E-state index in [1.54, 1.807) is 0 Å². The van der Waals surface area contributed by atoms with E-state index in [4.69, 9.17) is 5.73 Å². The van der Waals surface area contributed by atoms with Gasteiger partial charge in [-0.2, -0.15) is 0 Å². The van der Waals surface area contributed by atoms with Crippen LogP contribution in [0.3, 0.4) is 0 Å². The predicted octanol–water partition coefficient (Wildman–Crippen LogP) is 3.69. The number of nitrogens with one attached hydrogen (secondary N) is 1. The molecular weight excluding hydrogens is 304 g/mol. The Hall–Kier alpha value is -1.03. The molecule has 1 aliphatic rings. The number of carbonyl (C=O) groups excluding carboxylic acids is 1. The lowest BCUT2D eigenvalue weighted by molar-refractivity contribution is -0.119. The highest BCUT2D eigenvalue weighted by Crippen LogP contribution is 2.28. The second kappa shape index (κ2) is 6.94. The minimum atomic E-state index is -0.257. The molecule has 3 nitrogen and oxygen atoms in total. The van der Waals surface area contributed by atoms with Gasteiger partial charge in [-0.15, -0.1) is 0 Å². The normalized spacial score (nSPS) is 18.6. The molecule has 4 heteroatoms. The average Bonchev–Trinajstić information content (AvgIpc) is 2.64. The molecule has 1 unspecified atom stereocenters. The summed E-state index contributed by atoms with van der Waals surface area (Å²) in [6.45, 7) is 0. The van der Waals surface area contributed by atoms with Gasteiger partial charge >= 0.3 is 0 Å². The fraction of sp³-hybridized carbons (Fsp3) is 0.533. The maximum atomic E-state index is 11.7. The van der Waals surface area contributed by atoms with Crippen molar-refractivity contribution < 1.29 is 4.79 Å². The molecule has 0 radical (unpaired) electrons. The number of primary amides is 1. The Kier molecular flexibility index (Phi) is 5.25. The summed E-state index contributed by atoms with van der Waals surface area (Å²) in [6.07, 6.45) is 7.14. The molecule has 1 amide bonds. The topological polar surface area (TPSA) is 55.1 Å². The summed E-state index contributed by atoms with van der Waals surface area (Å²) < 4.78 is 1.00. The van der Waals surface area contributed by atoms with Crippen molar-refractivity contribution in [1.29, 1.82) is 0 Å². The predicted molar refractivity (Wildman–Crippen MR) is 81.9 cm³/mol. The van der Waals surface area contributed by atoms with Crippen molar-refractivity contribution in [3.8, 4) is 0 Å². The maximum Gasteiger partial charge on any atom is 0.240 e. The first kappa shape index (κ1) is 14.4. The van der Waals surface area contributed by atoms with Crippen LogP contribution in [-0.2, 0) is 4.79 Å². The summed E-state index contributed by atoms with van der Waals surface area (Å²) in [4.78, 5) is 11.7. The van der Waals surface area contributed by atoms with Crippen LogP contribution in [-0.4, -0.2) is 11.9 Å². The van der Waals surface area contributed by atoms with Crippen molar-refractivity contribution in [2.45, 2.75) is 44.6 Å². The van der Waals surface area contributed by atoms with Gasteiger partial charge in [0, 0.05) is 10.2 Å². The van der Waals surface area contributed by atoms with Crippen molar-refractivity contribution in [2.75, 3.05) is 5.32 Å². The minimum Gasteiger partial charge on any atom is -0.373 e. The number of hydrogen-bond donors (Lipinski definition) is 2. The minimum absolute atomic E-state index is 0.244. The third kappa shape index (κ3) is 4.23. The number of halogens is 1. The zero-order valence-corrected chi connectivity index (χ0v) is 12.7. The molecule has 0 spiro atoms. The van der Waals surface area contributed by atoms with E-state index in [0.717, 1.165) is 23.0 Å². The second-order valence-electron chi connectivity index (χ2n) is 5.29. The zero-order valence-electron chi connectivity index (χ0n) is 11.1. The van der Waals surface area contributed by atoms with Crippen LogP contribution in [0.25, 0.3) is 0 Å². The monoisotopic (exact) mass is 324 g/mol. The molecule has 104 valence electrons. The first-order chi connectivity index (χ1) is 9.16. The summed E-state index contributed by atoms with van der Waals surface area (Å²) in [5, 5.41) is 3.31. The molecule has 1 aliphatic carbocycles. The molecular formula is C15H21BrN2O. The number of anilines is 1. The average molecular weight is 325 g/mol.